The van der Waals surface area contributed by atoms with E-state index < -0.39 is 0 Å². The number of aromatic nitrogens is 3. The van der Waals surface area contributed by atoms with E-state index in [1.807, 2.05) is 24.3 Å². The number of rotatable bonds is 3. The van der Waals surface area contributed by atoms with E-state index >= 15 is 0 Å². The minimum Gasteiger partial charge on any atom is -0.454 e. The van der Waals surface area contributed by atoms with Gasteiger partial charge in [0.15, 0.2) is 11.4 Å². The summed E-state index contributed by atoms with van der Waals surface area (Å²) in [7, 11) is 0. The maximum absolute atomic E-state index is 6.23. The highest BCUT2D eigenvalue weighted by atomic mass is 16.3. The van der Waals surface area contributed by atoms with Crippen LogP contribution < -0.4 is 0 Å². The van der Waals surface area contributed by atoms with Crippen molar-refractivity contribution in [2.45, 2.75) is 0 Å². The largest absolute Gasteiger partial charge is 0.454 e. The van der Waals surface area contributed by atoms with Crippen molar-refractivity contribution < 1.29 is 4.42 Å². The van der Waals surface area contributed by atoms with Crippen molar-refractivity contribution in [3.05, 3.63) is 152 Å². The SMILES string of the molecule is c1ccc2cc(-c3cc(-c4cc5ccccc5c5ccc6ccccc6c45)nc(-c4cccc5oc6cccnc6c45)n3)ccc2c1. The van der Waals surface area contributed by atoms with Gasteiger partial charge in [0.05, 0.1) is 16.8 Å². The molecule has 0 aliphatic carbocycles. The normalized spacial score (nSPS) is 11.8. The van der Waals surface area contributed by atoms with Crippen molar-refractivity contribution in [1.82, 2.24) is 15.0 Å². The molecule has 0 unspecified atom stereocenters. The molecule has 47 heavy (non-hydrogen) atoms. The van der Waals surface area contributed by atoms with Gasteiger partial charge in [-0.05, 0) is 79.5 Å². The topological polar surface area (TPSA) is 51.8 Å². The molecular weight excluding hydrogens is 574 g/mol. The quantitative estimate of drug-likeness (QED) is 0.190. The summed E-state index contributed by atoms with van der Waals surface area (Å²) in [5, 5.41) is 10.5. The Kier molecular flexibility index (Phi) is 5.54. The Morgan fingerprint density at radius 1 is 0.426 bits per heavy atom. The summed E-state index contributed by atoms with van der Waals surface area (Å²) in [6.45, 7) is 0. The Labute approximate surface area is 269 Å². The van der Waals surface area contributed by atoms with Crippen LogP contribution in [-0.2, 0) is 0 Å². The van der Waals surface area contributed by atoms with E-state index in [9.17, 15) is 0 Å². The molecule has 0 aliphatic rings. The molecule has 0 aliphatic heterocycles. The molecule has 0 spiro atoms. The van der Waals surface area contributed by atoms with E-state index in [2.05, 4.69) is 121 Å². The molecule has 10 rings (SSSR count). The first-order valence-electron chi connectivity index (χ1n) is 15.8. The lowest BCUT2D eigenvalue weighted by Crippen LogP contribution is -1.97. The van der Waals surface area contributed by atoms with E-state index in [0.717, 1.165) is 50.1 Å². The van der Waals surface area contributed by atoms with Crippen molar-refractivity contribution in [3.8, 4) is 33.9 Å². The van der Waals surface area contributed by atoms with Crippen LogP contribution in [0.4, 0.5) is 0 Å². The number of furan rings is 1. The van der Waals surface area contributed by atoms with Crippen LogP contribution in [0, 0.1) is 0 Å². The van der Waals surface area contributed by atoms with Crippen LogP contribution in [0.2, 0.25) is 0 Å². The third-order valence-electron chi connectivity index (χ3n) is 9.29. The zero-order valence-electron chi connectivity index (χ0n) is 25.2. The van der Waals surface area contributed by atoms with Gasteiger partial charge >= 0.3 is 0 Å². The molecule has 0 radical (unpaired) electrons. The molecule has 0 amide bonds. The molecule has 0 N–H and O–H groups in total. The Morgan fingerprint density at radius 2 is 1.17 bits per heavy atom. The number of benzene rings is 7. The van der Waals surface area contributed by atoms with Crippen LogP contribution in [0.5, 0.6) is 0 Å². The molecule has 218 valence electrons. The fourth-order valence-corrected chi connectivity index (χ4v) is 7.11. The van der Waals surface area contributed by atoms with Gasteiger partial charge in [0.25, 0.3) is 0 Å². The molecule has 7 aromatic carbocycles. The molecular formula is C43H25N3O. The fraction of sp³-hybridized carbons (Fsp3) is 0. The van der Waals surface area contributed by atoms with Gasteiger partial charge in [0.1, 0.15) is 11.1 Å². The van der Waals surface area contributed by atoms with Gasteiger partial charge in [-0.2, -0.15) is 0 Å². The minimum absolute atomic E-state index is 0.631. The molecule has 4 heteroatoms. The van der Waals surface area contributed by atoms with E-state index in [0.29, 0.717) is 5.82 Å². The minimum atomic E-state index is 0.631. The third kappa shape index (κ3) is 4.05. The van der Waals surface area contributed by atoms with Crippen LogP contribution in [0.25, 0.3) is 99.1 Å². The van der Waals surface area contributed by atoms with E-state index in [4.69, 9.17) is 19.4 Å². The lowest BCUT2D eigenvalue weighted by Gasteiger charge is -2.15. The van der Waals surface area contributed by atoms with Gasteiger partial charge < -0.3 is 4.42 Å². The van der Waals surface area contributed by atoms with Gasteiger partial charge in [0, 0.05) is 22.9 Å². The Morgan fingerprint density at radius 3 is 2.09 bits per heavy atom. The summed E-state index contributed by atoms with van der Waals surface area (Å²) in [5.74, 6) is 0.631. The summed E-state index contributed by atoms with van der Waals surface area (Å²) in [6, 6.07) is 51.0. The van der Waals surface area contributed by atoms with Gasteiger partial charge in [0.2, 0.25) is 0 Å². The highest BCUT2D eigenvalue weighted by Gasteiger charge is 2.20. The summed E-state index contributed by atoms with van der Waals surface area (Å²) < 4.78 is 6.23. The molecule has 3 aromatic heterocycles. The lowest BCUT2D eigenvalue weighted by molar-refractivity contribution is 0.668. The van der Waals surface area contributed by atoms with Crippen LogP contribution in [0.15, 0.2) is 156 Å². The lowest BCUT2D eigenvalue weighted by atomic mass is 9.91. The van der Waals surface area contributed by atoms with E-state index in [1.54, 1.807) is 6.20 Å². The van der Waals surface area contributed by atoms with Crippen molar-refractivity contribution in [2.75, 3.05) is 0 Å². The average molecular weight is 600 g/mol. The third-order valence-corrected chi connectivity index (χ3v) is 9.29. The van der Waals surface area contributed by atoms with Crippen LogP contribution in [0.3, 0.4) is 0 Å². The van der Waals surface area contributed by atoms with Gasteiger partial charge in [-0.1, -0.05) is 109 Å². The molecule has 0 saturated carbocycles. The first kappa shape index (κ1) is 25.9. The van der Waals surface area contributed by atoms with Crippen molar-refractivity contribution >= 4 is 65.2 Å². The van der Waals surface area contributed by atoms with Crippen LogP contribution in [-0.4, -0.2) is 15.0 Å². The average Bonchev–Trinajstić information content (AvgIpc) is 3.53. The summed E-state index contributed by atoms with van der Waals surface area (Å²) in [4.78, 5) is 15.4. The predicted molar refractivity (Wildman–Crippen MR) is 193 cm³/mol. The second-order valence-corrected chi connectivity index (χ2v) is 12.0. The summed E-state index contributed by atoms with van der Waals surface area (Å²) in [6.07, 6.45) is 1.80. The molecule has 10 aromatic rings. The molecule has 0 saturated heterocycles. The predicted octanol–water partition coefficient (Wildman–Crippen LogP) is 11.4. The van der Waals surface area contributed by atoms with Crippen molar-refractivity contribution in [1.29, 1.82) is 0 Å². The maximum atomic E-state index is 6.23. The number of pyridine rings is 1. The first-order chi connectivity index (χ1) is 23.3. The van der Waals surface area contributed by atoms with E-state index in [-0.39, 0.29) is 0 Å². The zero-order chi connectivity index (χ0) is 30.9. The van der Waals surface area contributed by atoms with Gasteiger partial charge in [-0.3, -0.25) is 4.98 Å². The van der Waals surface area contributed by atoms with Gasteiger partial charge in [-0.25, -0.2) is 9.97 Å². The number of hydrogen-bond acceptors (Lipinski definition) is 4. The summed E-state index contributed by atoms with van der Waals surface area (Å²) in [5.41, 5.74) is 7.03. The molecule has 0 bridgehead atoms. The number of fused-ring (bicyclic) bond motifs is 9. The molecule has 3 heterocycles. The molecule has 0 fully saturated rings. The molecule has 0 atom stereocenters. The van der Waals surface area contributed by atoms with Gasteiger partial charge in [-0.15, -0.1) is 0 Å². The number of nitrogens with zero attached hydrogens (tertiary/aromatic N) is 3. The number of hydrogen-bond donors (Lipinski definition) is 0. The van der Waals surface area contributed by atoms with Crippen molar-refractivity contribution in [3.63, 3.8) is 0 Å². The van der Waals surface area contributed by atoms with E-state index in [1.165, 1.54) is 43.1 Å². The first-order valence-corrected chi connectivity index (χ1v) is 15.8. The Hall–Kier alpha value is -6.39. The highest BCUT2D eigenvalue weighted by Crippen LogP contribution is 2.41. The second-order valence-electron chi connectivity index (χ2n) is 12.0. The Bertz CT molecular complexity index is 2870. The van der Waals surface area contributed by atoms with Crippen molar-refractivity contribution in [2.24, 2.45) is 0 Å². The maximum Gasteiger partial charge on any atom is 0.161 e. The Balaban J connectivity index is 1.33. The standard InChI is InChI=1S/C43H25N3O/c1-2-11-28-23-30(19-18-26(28)9-1)36-25-37(46-43(45-36)34-15-7-16-38-41(34)42-39(47-38)17-8-22-44-42)35-24-29-12-4-5-13-31(29)33-21-20-27-10-3-6-14-32(27)40(33)35/h1-25H. The second kappa shape index (κ2) is 10.1. The van der Waals surface area contributed by atoms with Crippen LogP contribution in [0.1, 0.15) is 0 Å². The zero-order valence-corrected chi connectivity index (χ0v) is 25.2. The summed E-state index contributed by atoms with van der Waals surface area (Å²) >= 11 is 0. The smallest absolute Gasteiger partial charge is 0.161 e. The monoisotopic (exact) mass is 599 g/mol. The molecule has 4 nitrogen and oxygen atoms in total. The highest BCUT2D eigenvalue weighted by molar-refractivity contribution is 6.23. The fourth-order valence-electron chi connectivity index (χ4n) is 7.11. The van der Waals surface area contributed by atoms with Crippen LogP contribution >= 0.6 is 0 Å².